The van der Waals surface area contributed by atoms with Gasteiger partial charge in [0.15, 0.2) is 0 Å². The van der Waals surface area contributed by atoms with Gasteiger partial charge in [-0.1, -0.05) is 42.5 Å². The molecular formula is C26H19NO3. The highest BCUT2D eigenvalue weighted by molar-refractivity contribution is 6.08. The zero-order valence-corrected chi connectivity index (χ0v) is 16.4. The van der Waals surface area contributed by atoms with Crippen LogP contribution >= 0.6 is 0 Å². The molecule has 0 radical (unpaired) electrons. The summed E-state index contributed by atoms with van der Waals surface area (Å²) in [7, 11) is 1.64. The van der Waals surface area contributed by atoms with Crippen LogP contribution in [0.1, 0.15) is 10.4 Å². The van der Waals surface area contributed by atoms with Crippen molar-refractivity contribution in [1.82, 2.24) is 0 Å². The van der Waals surface area contributed by atoms with Gasteiger partial charge in [-0.3, -0.25) is 4.79 Å². The molecule has 4 heteroatoms. The molecule has 0 aliphatic rings. The van der Waals surface area contributed by atoms with Crippen molar-refractivity contribution in [1.29, 1.82) is 0 Å². The van der Waals surface area contributed by atoms with E-state index in [9.17, 15) is 4.79 Å². The van der Waals surface area contributed by atoms with E-state index in [-0.39, 0.29) is 5.91 Å². The summed E-state index contributed by atoms with van der Waals surface area (Å²) in [5, 5.41) is 5.07. The van der Waals surface area contributed by atoms with Crippen LogP contribution in [0.2, 0.25) is 0 Å². The number of carbonyl (C=O) groups excluding carboxylic acids is 1. The Bertz CT molecular complexity index is 1370. The second kappa shape index (κ2) is 7.41. The minimum absolute atomic E-state index is 0.166. The summed E-state index contributed by atoms with van der Waals surface area (Å²) in [6, 6.07) is 29.0. The van der Waals surface area contributed by atoms with Crippen molar-refractivity contribution in [2.45, 2.75) is 0 Å². The molecule has 0 saturated carbocycles. The highest BCUT2D eigenvalue weighted by atomic mass is 16.5. The number of hydrogen-bond donors (Lipinski definition) is 1. The molecule has 4 nitrogen and oxygen atoms in total. The summed E-state index contributed by atoms with van der Waals surface area (Å²) in [5.74, 6) is 0.634. The molecule has 1 heterocycles. The van der Waals surface area contributed by atoms with Crippen molar-refractivity contribution in [3.63, 3.8) is 0 Å². The molecule has 5 rings (SSSR count). The van der Waals surface area contributed by atoms with Gasteiger partial charge in [0.1, 0.15) is 16.9 Å². The number of rotatable bonds is 4. The van der Waals surface area contributed by atoms with E-state index in [1.807, 2.05) is 91.0 Å². The Hall–Kier alpha value is -4.05. The fourth-order valence-corrected chi connectivity index (χ4v) is 3.63. The van der Waals surface area contributed by atoms with Gasteiger partial charge in [0.2, 0.25) is 0 Å². The Kier molecular flexibility index (Phi) is 4.45. The molecule has 0 fully saturated rings. The topological polar surface area (TPSA) is 51.5 Å². The molecule has 4 aromatic carbocycles. The third-order valence-corrected chi connectivity index (χ3v) is 5.18. The van der Waals surface area contributed by atoms with Crippen LogP contribution < -0.4 is 10.1 Å². The Morgan fingerprint density at radius 1 is 0.767 bits per heavy atom. The smallest absolute Gasteiger partial charge is 0.255 e. The van der Waals surface area contributed by atoms with Crippen LogP contribution in [0.5, 0.6) is 5.75 Å². The molecule has 5 aromatic rings. The third kappa shape index (κ3) is 3.29. The first-order valence-electron chi connectivity index (χ1n) is 9.68. The lowest BCUT2D eigenvalue weighted by molar-refractivity contribution is 0.102. The molecule has 1 N–H and O–H groups in total. The van der Waals surface area contributed by atoms with Crippen molar-refractivity contribution in [2.24, 2.45) is 0 Å². The summed E-state index contributed by atoms with van der Waals surface area (Å²) < 4.78 is 11.1. The highest BCUT2D eigenvalue weighted by Crippen LogP contribution is 2.30. The first-order valence-corrected chi connectivity index (χ1v) is 9.68. The Balaban J connectivity index is 1.41. The normalized spacial score (nSPS) is 11.0. The molecule has 0 aliphatic heterocycles. The SMILES string of the molecule is COc1ccc(-c2cccc(C(=O)Nc3ccc4c(c3)oc3ccccc34)c2)cc1. The second-order valence-corrected chi connectivity index (χ2v) is 7.07. The van der Waals surface area contributed by atoms with Gasteiger partial charge < -0.3 is 14.5 Å². The molecule has 0 saturated heterocycles. The number of para-hydroxylation sites is 1. The lowest BCUT2D eigenvalue weighted by Crippen LogP contribution is -2.11. The van der Waals surface area contributed by atoms with Gasteiger partial charge in [0, 0.05) is 28.1 Å². The summed E-state index contributed by atoms with van der Waals surface area (Å²) in [5.41, 5.74) is 4.87. The molecule has 146 valence electrons. The Labute approximate surface area is 173 Å². The molecule has 0 bridgehead atoms. The van der Waals surface area contributed by atoms with Crippen molar-refractivity contribution in [2.75, 3.05) is 12.4 Å². The van der Waals surface area contributed by atoms with Gasteiger partial charge in [-0.25, -0.2) is 0 Å². The van der Waals surface area contributed by atoms with Crippen LogP contribution in [0, 0.1) is 0 Å². The van der Waals surface area contributed by atoms with Crippen LogP contribution in [-0.4, -0.2) is 13.0 Å². The standard InChI is InChI=1S/C26H19NO3/c1-29-21-12-9-17(10-13-21)18-5-4-6-19(15-18)26(28)27-20-11-14-23-22-7-2-3-8-24(22)30-25(23)16-20/h2-16H,1H3,(H,27,28). The number of hydrogen-bond acceptors (Lipinski definition) is 3. The number of benzene rings is 4. The minimum Gasteiger partial charge on any atom is -0.497 e. The zero-order chi connectivity index (χ0) is 20.5. The lowest BCUT2D eigenvalue weighted by atomic mass is 10.0. The van der Waals surface area contributed by atoms with Crippen molar-refractivity contribution in [3.05, 3.63) is 96.6 Å². The van der Waals surface area contributed by atoms with Crippen molar-refractivity contribution < 1.29 is 13.9 Å². The minimum atomic E-state index is -0.166. The predicted molar refractivity (Wildman–Crippen MR) is 120 cm³/mol. The highest BCUT2D eigenvalue weighted by Gasteiger charge is 2.11. The first-order chi connectivity index (χ1) is 14.7. The molecule has 0 spiro atoms. The molecule has 30 heavy (non-hydrogen) atoms. The van der Waals surface area contributed by atoms with Gasteiger partial charge in [-0.15, -0.1) is 0 Å². The molecule has 0 unspecified atom stereocenters. The maximum absolute atomic E-state index is 12.8. The number of nitrogens with one attached hydrogen (secondary N) is 1. The number of amides is 1. The maximum Gasteiger partial charge on any atom is 0.255 e. The first kappa shape index (κ1) is 18.0. The fourth-order valence-electron chi connectivity index (χ4n) is 3.63. The summed E-state index contributed by atoms with van der Waals surface area (Å²) >= 11 is 0. The maximum atomic E-state index is 12.8. The number of anilines is 1. The number of furan rings is 1. The van der Waals surface area contributed by atoms with E-state index in [0.717, 1.165) is 38.8 Å². The lowest BCUT2D eigenvalue weighted by Gasteiger charge is -2.08. The summed E-state index contributed by atoms with van der Waals surface area (Å²) in [6.07, 6.45) is 0. The predicted octanol–water partition coefficient (Wildman–Crippen LogP) is 6.51. The quantitative estimate of drug-likeness (QED) is 0.378. The van der Waals surface area contributed by atoms with E-state index in [1.165, 1.54) is 0 Å². The van der Waals surface area contributed by atoms with Gasteiger partial charge in [-0.2, -0.15) is 0 Å². The largest absolute Gasteiger partial charge is 0.497 e. The van der Waals surface area contributed by atoms with E-state index >= 15 is 0 Å². The van der Waals surface area contributed by atoms with Crippen LogP contribution in [-0.2, 0) is 0 Å². The molecule has 1 aromatic heterocycles. The zero-order valence-electron chi connectivity index (χ0n) is 16.4. The van der Waals surface area contributed by atoms with Gasteiger partial charge in [0.25, 0.3) is 5.91 Å². The number of fused-ring (bicyclic) bond motifs is 3. The molecule has 1 amide bonds. The van der Waals surface area contributed by atoms with E-state index in [1.54, 1.807) is 7.11 Å². The second-order valence-electron chi connectivity index (χ2n) is 7.07. The van der Waals surface area contributed by atoms with Crippen LogP contribution in [0.4, 0.5) is 5.69 Å². The molecule has 0 atom stereocenters. The van der Waals surface area contributed by atoms with E-state index in [2.05, 4.69) is 5.32 Å². The van der Waals surface area contributed by atoms with Gasteiger partial charge >= 0.3 is 0 Å². The Morgan fingerprint density at radius 3 is 2.40 bits per heavy atom. The number of ether oxygens (including phenoxy) is 1. The van der Waals surface area contributed by atoms with Gasteiger partial charge in [-0.05, 0) is 53.6 Å². The fraction of sp³-hybridized carbons (Fsp3) is 0.0385. The van der Waals surface area contributed by atoms with E-state index in [4.69, 9.17) is 9.15 Å². The summed E-state index contributed by atoms with van der Waals surface area (Å²) in [6.45, 7) is 0. The molecule has 0 aliphatic carbocycles. The molecular weight excluding hydrogens is 374 g/mol. The number of carbonyl (C=O) groups is 1. The van der Waals surface area contributed by atoms with Crippen LogP contribution in [0.25, 0.3) is 33.1 Å². The van der Waals surface area contributed by atoms with Crippen molar-refractivity contribution >= 4 is 33.5 Å². The average Bonchev–Trinajstić information content (AvgIpc) is 3.17. The third-order valence-electron chi connectivity index (χ3n) is 5.18. The number of methoxy groups -OCH3 is 1. The summed E-state index contributed by atoms with van der Waals surface area (Å²) in [4.78, 5) is 12.8. The van der Waals surface area contributed by atoms with Crippen LogP contribution in [0.15, 0.2) is 95.4 Å². The van der Waals surface area contributed by atoms with E-state index < -0.39 is 0 Å². The van der Waals surface area contributed by atoms with E-state index in [0.29, 0.717) is 11.3 Å². The van der Waals surface area contributed by atoms with Gasteiger partial charge in [0.05, 0.1) is 7.11 Å². The average molecular weight is 393 g/mol. The van der Waals surface area contributed by atoms with Crippen LogP contribution in [0.3, 0.4) is 0 Å². The van der Waals surface area contributed by atoms with Crippen molar-refractivity contribution in [3.8, 4) is 16.9 Å². The monoisotopic (exact) mass is 393 g/mol. The Morgan fingerprint density at radius 2 is 1.57 bits per heavy atom.